The highest BCUT2D eigenvalue weighted by Gasteiger charge is 2.15. The summed E-state index contributed by atoms with van der Waals surface area (Å²) in [6.07, 6.45) is -0.217. The molecule has 0 radical (unpaired) electrons. The van der Waals surface area contributed by atoms with E-state index in [1.54, 1.807) is 7.11 Å². The van der Waals surface area contributed by atoms with Crippen molar-refractivity contribution >= 4 is 0 Å². The summed E-state index contributed by atoms with van der Waals surface area (Å²) in [4.78, 5) is 0. The molecule has 1 aliphatic rings. The van der Waals surface area contributed by atoms with Crippen LogP contribution in [0.15, 0.2) is 0 Å². The second kappa shape index (κ2) is 7.23. The molecule has 0 aromatic rings. The highest BCUT2D eigenvalue weighted by atomic mass is 16.7. The first-order valence-corrected chi connectivity index (χ1v) is 4.31. The van der Waals surface area contributed by atoms with E-state index in [4.69, 9.17) is 23.7 Å². The maximum atomic E-state index is 5.15. The lowest BCUT2D eigenvalue weighted by Gasteiger charge is -2.09. The molecule has 0 N–H and O–H groups in total. The Hall–Kier alpha value is -0.200. The van der Waals surface area contributed by atoms with Crippen LogP contribution in [0.2, 0.25) is 0 Å². The fourth-order valence-corrected chi connectivity index (χ4v) is 0.908. The molecule has 78 valence electrons. The van der Waals surface area contributed by atoms with Gasteiger partial charge >= 0.3 is 0 Å². The molecule has 1 aliphatic heterocycles. The fraction of sp³-hybridized carbons (Fsp3) is 1.00. The third-order valence-electron chi connectivity index (χ3n) is 1.54. The van der Waals surface area contributed by atoms with Gasteiger partial charge in [0.2, 0.25) is 0 Å². The van der Waals surface area contributed by atoms with E-state index in [-0.39, 0.29) is 13.1 Å². The van der Waals surface area contributed by atoms with Gasteiger partial charge in [-0.15, -0.1) is 0 Å². The number of ether oxygens (including phenoxy) is 5. The third kappa shape index (κ3) is 5.17. The predicted octanol–water partition coefficient (Wildman–Crippen LogP) is -0.00360. The number of hydrogen-bond acceptors (Lipinski definition) is 5. The zero-order valence-corrected chi connectivity index (χ0v) is 7.86. The molecule has 5 heteroatoms. The molecule has 0 amide bonds. The quantitative estimate of drug-likeness (QED) is 0.419. The van der Waals surface area contributed by atoms with E-state index in [1.807, 2.05) is 0 Å². The van der Waals surface area contributed by atoms with Crippen LogP contribution in [0.1, 0.15) is 0 Å². The lowest BCUT2D eigenvalue weighted by molar-refractivity contribution is -0.137. The molecule has 0 aromatic heterocycles. The third-order valence-corrected chi connectivity index (χ3v) is 1.54. The molecule has 5 nitrogen and oxygen atoms in total. The average Bonchev–Trinajstić information content (AvgIpc) is 2.63. The molecule has 0 spiro atoms. The second-order valence-corrected chi connectivity index (χ2v) is 2.56. The van der Waals surface area contributed by atoms with E-state index in [0.29, 0.717) is 33.0 Å². The Morgan fingerprint density at radius 3 is 2.62 bits per heavy atom. The first-order valence-electron chi connectivity index (χ1n) is 4.31. The molecule has 0 aliphatic carbocycles. The van der Waals surface area contributed by atoms with Crippen molar-refractivity contribution in [2.24, 2.45) is 0 Å². The Morgan fingerprint density at radius 1 is 1.15 bits per heavy atom. The summed E-state index contributed by atoms with van der Waals surface area (Å²) < 4.78 is 25.3. The Morgan fingerprint density at radius 2 is 1.92 bits per heavy atom. The van der Waals surface area contributed by atoms with E-state index >= 15 is 0 Å². The summed E-state index contributed by atoms with van der Waals surface area (Å²) in [5.74, 6) is 0. The van der Waals surface area contributed by atoms with Crippen molar-refractivity contribution < 1.29 is 23.7 Å². The van der Waals surface area contributed by atoms with Gasteiger partial charge in [0, 0.05) is 7.11 Å². The summed E-state index contributed by atoms with van der Waals surface area (Å²) in [5, 5.41) is 0. The SMILES string of the molecule is COCCOCOCC1OCCO1. The van der Waals surface area contributed by atoms with Crippen molar-refractivity contribution in [2.45, 2.75) is 6.29 Å². The van der Waals surface area contributed by atoms with Crippen molar-refractivity contribution in [3.8, 4) is 0 Å². The molecule has 1 saturated heterocycles. The van der Waals surface area contributed by atoms with E-state index in [0.717, 1.165) is 0 Å². The van der Waals surface area contributed by atoms with Gasteiger partial charge in [0.25, 0.3) is 0 Å². The van der Waals surface area contributed by atoms with Crippen LogP contribution in [-0.2, 0) is 23.7 Å². The van der Waals surface area contributed by atoms with Gasteiger partial charge in [-0.3, -0.25) is 0 Å². The van der Waals surface area contributed by atoms with Gasteiger partial charge in [0.1, 0.15) is 13.4 Å². The molecular weight excluding hydrogens is 176 g/mol. The Labute approximate surface area is 77.9 Å². The lowest BCUT2D eigenvalue weighted by Crippen LogP contribution is -2.18. The minimum absolute atomic E-state index is 0.217. The minimum Gasteiger partial charge on any atom is -0.382 e. The summed E-state index contributed by atoms with van der Waals surface area (Å²) in [5.41, 5.74) is 0. The predicted molar refractivity (Wildman–Crippen MR) is 44.3 cm³/mol. The number of hydrogen-bond donors (Lipinski definition) is 0. The molecule has 0 bridgehead atoms. The second-order valence-electron chi connectivity index (χ2n) is 2.56. The van der Waals surface area contributed by atoms with Crippen LogP contribution in [0.25, 0.3) is 0 Å². The van der Waals surface area contributed by atoms with E-state index < -0.39 is 0 Å². The summed E-state index contributed by atoms with van der Waals surface area (Å²) >= 11 is 0. The number of rotatable bonds is 7. The summed E-state index contributed by atoms with van der Waals surface area (Å²) in [6, 6.07) is 0. The van der Waals surface area contributed by atoms with Gasteiger partial charge in [-0.05, 0) is 0 Å². The van der Waals surface area contributed by atoms with Gasteiger partial charge in [0.15, 0.2) is 6.29 Å². The first kappa shape index (κ1) is 10.9. The standard InChI is InChI=1S/C8H16O5/c1-9-2-3-10-7-11-6-8-12-4-5-13-8/h8H,2-7H2,1H3. The maximum absolute atomic E-state index is 5.15. The molecule has 1 heterocycles. The molecule has 1 rings (SSSR count). The van der Waals surface area contributed by atoms with Crippen molar-refractivity contribution in [1.82, 2.24) is 0 Å². The average molecular weight is 192 g/mol. The molecular formula is C8H16O5. The summed E-state index contributed by atoms with van der Waals surface area (Å²) in [7, 11) is 1.63. The van der Waals surface area contributed by atoms with Crippen molar-refractivity contribution in [3.05, 3.63) is 0 Å². The van der Waals surface area contributed by atoms with Crippen LogP contribution in [0.5, 0.6) is 0 Å². The van der Waals surface area contributed by atoms with Crippen LogP contribution < -0.4 is 0 Å². The van der Waals surface area contributed by atoms with Crippen molar-refractivity contribution in [3.63, 3.8) is 0 Å². The zero-order chi connectivity index (χ0) is 9.36. The molecule has 0 saturated carbocycles. The zero-order valence-electron chi connectivity index (χ0n) is 7.86. The van der Waals surface area contributed by atoms with E-state index in [2.05, 4.69) is 0 Å². The van der Waals surface area contributed by atoms with Crippen LogP contribution in [-0.4, -0.2) is 53.2 Å². The van der Waals surface area contributed by atoms with Gasteiger partial charge in [-0.25, -0.2) is 0 Å². The van der Waals surface area contributed by atoms with Crippen molar-refractivity contribution in [1.29, 1.82) is 0 Å². The highest BCUT2D eigenvalue weighted by molar-refractivity contribution is 4.48. The van der Waals surface area contributed by atoms with Gasteiger partial charge in [-0.2, -0.15) is 0 Å². The van der Waals surface area contributed by atoms with Gasteiger partial charge in [0.05, 0.1) is 26.4 Å². The first-order chi connectivity index (χ1) is 6.43. The Bertz CT molecular complexity index is 113. The molecule has 1 fully saturated rings. The number of methoxy groups -OCH3 is 1. The van der Waals surface area contributed by atoms with Gasteiger partial charge in [-0.1, -0.05) is 0 Å². The minimum atomic E-state index is -0.217. The van der Waals surface area contributed by atoms with E-state index in [1.165, 1.54) is 0 Å². The molecule has 0 atom stereocenters. The maximum Gasteiger partial charge on any atom is 0.181 e. The smallest absolute Gasteiger partial charge is 0.181 e. The largest absolute Gasteiger partial charge is 0.382 e. The van der Waals surface area contributed by atoms with E-state index in [9.17, 15) is 0 Å². The van der Waals surface area contributed by atoms with Crippen LogP contribution in [0.4, 0.5) is 0 Å². The summed E-state index contributed by atoms with van der Waals surface area (Å²) in [6.45, 7) is 3.11. The normalized spacial score (nSPS) is 18.2. The topological polar surface area (TPSA) is 46.2 Å². The lowest BCUT2D eigenvalue weighted by atomic mass is 10.7. The highest BCUT2D eigenvalue weighted by Crippen LogP contribution is 2.03. The van der Waals surface area contributed by atoms with Crippen LogP contribution in [0.3, 0.4) is 0 Å². The molecule has 0 aromatic carbocycles. The van der Waals surface area contributed by atoms with Crippen LogP contribution >= 0.6 is 0 Å². The fourth-order valence-electron chi connectivity index (χ4n) is 0.908. The molecule has 13 heavy (non-hydrogen) atoms. The molecule has 0 unspecified atom stereocenters. The van der Waals surface area contributed by atoms with Gasteiger partial charge < -0.3 is 23.7 Å². The monoisotopic (exact) mass is 192 g/mol. The van der Waals surface area contributed by atoms with Crippen molar-refractivity contribution in [2.75, 3.05) is 46.9 Å². The van der Waals surface area contributed by atoms with Crippen LogP contribution in [0, 0.1) is 0 Å². The Balaban J connectivity index is 1.78. The Kier molecular flexibility index (Phi) is 6.05.